The van der Waals surface area contributed by atoms with Crippen LogP contribution in [0.4, 0.5) is 5.69 Å². The van der Waals surface area contributed by atoms with Gasteiger partial charge in [0, 0.05) is 11.7 Å². The van der Waals surface area contributed by atoms with Crippen LogP contribution in [-0.4, -0.2) is 30.3 Å². The molecule has 0 radical (unpaired) electrons. The first-order valence-electron chi connectivity index (χ1n) is 11.6. The molecule has 0 bridgehead atoms. The average molecular weight is 464 g/mol. The van der Waals surface area contributed by atoms with Crippen LogP contribution in [0.1, 0.15) is 60.0 Å². The van der Waals surface area contributed by atoms with E-state index in [1.807, 2.05) is 19.1 Å². The summed E-state index contributed by atoms with van der Waals surface area (Å²) in [5, 5.41) is 5.70. The van der Waals surface area contributed by atoms with Crippen molar-refractivity contribution >= 4 is 23.4 Å². The minimum absolute atomic E-state index is 0.0623. The highest BCUT2D eigenvalue weighted by Crippen LogP contribution is 2.29. The quantitative estimate of drug-likeness (QED) is 0.523. The lowest BCUT2D eigenvalue weighted by molar-refractivity contribution is -0.127. The van der Waals surface area contributed by atoms with Crippen LogP contribution in [0, 0.1) is 6.92 Å². The molecule has 0 aliphatic heterocycles. The SMILES string of the molecule is Cc1ccc(N(C(=O)CNC(=O)c2ccco2)[C@H](C(=O)NC2CCCCC2)c2ccco2)cc1. The van der Waals surface area contributed by atoms with Gasteiger partial charge in [-0.3, -0.25) is 19.3 Å². The van der Waals surface area contributed by atoms with Gasteiger partial charge in [0.25, 0.3) is 11.8 Å². The predicted octanol–water partition coefficient (Wildman–Crippen LogP) is 4.13. The second-order valence-electron chi connectivity index (χ2n) is 8.52. The molecule has 1 aliphatic rings. The Morgan fingerprint density at radius 2 is 1.68 bits per heavy atom. The van der Waals surface area contributed by atoms with E-state index in [4.69, 9.17) is 8.83 Å². The molecular formula is C26H29N3O5. The van der Waals surface area contributed by atoms with Gasteiger partial charge in [0.15, 0.2) is 11.8 Å². The standard InChI is InChI=1S/C26H29N3O5/c1-18-11-13-20(14-12-18)29(23(30)17-27-25(31)22-10-6-16-34-22)24(21-9-5-15-33-21)26(32)28-19-7-3-2-4-8-19/h5-6,9-16,19,24H,2-4,7-8,17H2,1H3,(H,27,31)(H,28,32)/t24-/m0/s1. The molecule has 4 rings (SSSR count). The molecule has 8 heteroatoms. The number of furan rings is 2. The van der Waals surface area contributed by atoms with Crippen molar-refractivity contribution < 1.29 is 23.2 Å². The van der Waals surface area contributed by atoms with Crippen molar-refractivity contribution in [2.45, 2.75) is 51.1 Å². The van der Waals surface area contributed by atoms with Gasteiger partial charge in [-0.2, -0.15) is 0 Å². The Hall–Kier alpha value is -3.81. The van der Waals surface area contributed by atoms with E-state index >= 15 is 0 Å². The summed E-state index contributed by atoms with van der Waals surface area (Å²) in [4.78, 5) is 40.8. The number of anilines is 1. The van der Waals surface area contributed by atoms with E-state index in [9.17, 15) is 14.4 Å². The summed E-state index contributed by atoms with van der Waals surface area (Å²) in [6.07, 6.45) is 7.98. The lowest BCUT2D eigenvalue weighted by Crippen LogP contribution is -2.49. The first kappa shape index (κ1) is 23.4. The molecule has 0 unspecified atom stereocenters. The number of hydrogen-bond donors (Lipinski definition) is 2. The molecule has 2 N–H and O–H groups in total. The summed E-state index contributed by atoms with van der Waals surface area (Å²) in [6, 6.07) is 12.8. The second-order valence-corrected chi connectivity index (χ2v) is 8.52. The Balaban J connectivity index is 1.62. The van der Waals surface area contributed by atoms with Gasteiger partial charge >= 0.3 is 0 Å². The zero-order valence-electron chi connectivity index (χ0n) is 19.2. The molecule has 34 heavy (non-hydrogen) atoms. The van der Waals surface area contributed by atoms with E-state index in [2.05, 4.69) is 10.6 Å². The maximum atomic E-state index is 13.6. The van der Waals surface area contributed by atoms with Crippen molar-refractivity contribution in [1.29, 1.82) is 0 Å². The summed E-state index contributed by atoms with van der Waals surface area (Å²) in [7, 11) is 0. The number of carbonyl (C=O) groups excluding carboxylic acids is 3. The number of nitrogens with one attached hydrogen (secondary N) is 2. The fourth-order valence-corrected chi connectivity index (χ4v) is 4.23. The highest BCUT2D eigenvalue weighted by molar-refractivity contribution is 6.04. The topological polar surface area (TPSA) is 105 Å². The monoisotopic (exact) mass is 463 g/mol. The molecule has 1 saturated carbocycles. The maximum absolute atomic E-state index is 13.6. The lowest BCUT2D eigenvalue weighted by atomic mass is 9.95. The number of nitrogens with zero attached hydrogens (tertiary/aromatic N) is 1. The van der Waals surface area contributed by atoms with E-state index in [1.54, 1.807) is 30.3 Å². The van der Waals surface area contributed by atoms with Crippen LogP contribution in [0.25, 0.3) is 0 Å². The molecule has 1 aromatic carbocycles. The van der Waals surface area contributed by atoms with Gasteiger partial charge in [-0.05, 0) is 56.2 Å². The Labute approximate surface area is 198 Å². The summed E-state index contributed by atoms with van der Waals surface area (Å²) in [5.41, 5.74) is 1.55. The predicted molar refractivity (Wildman–Crippen MR) is 126 cm³/mol. The fraction of sp³-hybridized carbons (Fsp3) is 0.346. The van der Waals surface area contributed by atoms with Gasteiger partial charge in [-0.25, -0.2) is 0 Å². The molecule has 2 aromatic heterocycles. The van der Waals surface area contributed by atoms with E-state index in [1.165, 1.54) is 23.5 Å². The van der Waals surface area contributed by atoms with Crippen LogP contribution < -0.4 is 15.5 Å². The van der Waals surface area contributed by atoms with Gasteiger partial charge in [0.05, 0.1) is 19.1 Å². The Morgan fingerprint density at radius 3 is 2.32 bits per heavy atom. The van der Waals surface area contributed by atoms with Crippen LogP contribution in [-0.2, 0) is 9.59 Å². The van der Waals surface area contributed by atoms with Crippen LogP contribution in [0.5, 0.6) is 0 Å². The third-order valence-electron chi connectivity index (χ3n) is 6.00. The summed E-state index contributed by atoms with van der Waals surface area (Å²) in [5.74, 6) is -0.826. The Morgan fingerprint density at radius 1 is 0.971 bits per heavy atom. The van der Waals surface area contributed by atoms with E-state index in [0.717, 1.165) is 37.7 Å². The smallest absolute Gasteiger partial charge is 0.287 e. The Kier molecular flexibility index (Phi) is 7.47. The maximum Gasteiger partial charge on any atom is 0.287 e. The molecule has 8 nitrogen and oxygen atoms in total. The minimum atomic E-state index is -1.02. The zero-order valence-corrected chi connectivity index (χ0v) is 19.2. The summed E-state index contributed by atoms with van der Waals surface area (Å²) in [6.45, 7) is 1.63. The molecule has 3 amide bonds. The van der Waals surface area contributed by atoms with Gasteiger partial charge in [0.2, 0.25) is 5.91 Å². The molecule has 0 saturated heterocycles. The normalized spacial score (nSPS) is 14.9. The first-order valence-corrected chi connectivity index (χ1v) is 11.6. The lowest BCUT2D eigenvalue weighted by Gasteiger charge is -2.32. The average Bonchev–Trinajstić information content (AvgIpc) is 3.57. The molecule has 3 aromatic rings. The molecule has 178 valence electrons. The fourth-order valence-electron chi connectivity index (χ4n) is 4.23. The van der Waals surface area contributed by atoms with Crippen LogP contribution >= 0.6 is 0 Å². The number of benzene rings is 1. The third kappa shape index (κ3) is 5.57. The van der Waals surface area contributed by atoms with Crippen LogP contribution in [0.15, 0.2) is 69.9 Å². The first-order chi connectivity index (χ1) is 16.5. The van der Waals surface area contributed by atoms with Gasteiger partial charge in [-0.1, -0.05) is 37.0 Å². The largest absolute Gasteiger partial charge is 0.467 e. The van der Waals surface area contributed by atoms with Crippen LogP contribution in [0.2, 0.25) is 0 Å². The second kappa shape index (κ2) is 10.9. The number of aryl methyl sites for hydroxylation is 1. The molecule has 1 aliphatic carbocycles. The Bertz CT molecular complexity index is 1080. The highest BCUT2D eigenvalue weighted by atomic mass is 16.3. The molecule has 1 fully saturated rings. The van der Waals surface area contributed by atoms with Gasteiger partial charge in [-0.15, -0.1) is 0 Å². The number of rotatable bonds is 8. The zero-order chi connectivity index (χ0) is 23.9. The number of amides is 3. The van der Waals surface area contributed by atoms with Gasteiger partial charge in [0.1, 0.15) is 5.76 Å². The third-order valence-corrected chi connectivity index (χ3v) is 6.00. The highest BCUT2D eigenvalue weighted by Gasteiger charge is 2.36. The van der Waals surface area contributed by atoms with Crippen molar-refractivity contribution in [3.63, 3.8) is 0 Å². The van der Waals surface area contributed by atoms with Crippen molar-refractivity contribution in [3.05, 3.63) is 78.1 Å². The molecule has 2 heterocycles. The number of hydrogen-bond acceptors (Lipinski definition) is 5. The van der Waals surface area contributed by atoms with Crippen molar-refractivity contribution in [3.8, 4) is 0 Å². The van der Waals surface area contributed by atoms with Gasteiger partial charge < -0.3 is 19.5 Å². The van der Waals surface area contributed by atoms with E-state index in [0.29, 0.717) is 11.4 Å². The van der Waals surface area contributed by atoms with Crippen molar-refractivity contribution in [2.24, 2.45) is 0 Å². The molecule has 0 spiro atoms. The van der Waals surface area contributed by atoms with E-state index < -0.39 is 17.9 Å². The van der Waals surface area contributed by atoms with E-state index in [-0.39, 0.29) is 24.3 Å². The molecular weight excluding hydrogens is 434 g/mol. The van der Waals surface area contributed by atoms with Crippen molar-refractivity contribution in [1.82, 2.24) is 10.6 Å². The van der Waals surface area contributed by atoms with Crippen molar-refractivity contribution in [2.75, 3.05) is 11.4 Å². The minimum Gasteiger partial charge on any atom is -0.467 e. The summed E-state index contributed by atoms with van der Waals surface area (Å²) < 4.78 is 10.7. The van der Waals surface area contributed by atoms with Crippen LogP contribution in [0.3, 0.4) is 0 Å². The molecule has 1 atom stereocenters. The number of carbonyl (C=O) groups is 3. The summed E-state index contributed by atoms with van der Waals surface area (Å²) >= 11 is 0.